The molecule has 5 nitrogen and oxygen atoms in total. The molecule has 1 aromatic heterocycles. The van der Waals surface area contributed by atoms with Crippen LogP contribution in [0, 0.1) is 5.82 Å². The molecule has 0 atom stereocenters. The second-order valence-electron chi connectivity index (χ2n) is 4.80. The lowest BCUT2D eigenvalue weighted by Gasteiger charge is -2.06. The Balaban J connectivity index is 1.56. The molecule has 0 aliphatic rings. The highest BCUT2D eigenvalue weighted by atomic mass is 19.1. The molecule has 2 aromatic carbocycles. The van der Waals surface area contributed by atoms with Gasteiger partial charge in [0, 0.05) is 18.7 Å². The summed E-state index contributed by atoms with van der Waals surface area (Å²) in [5.41, 5.74) is 3.07. The summed E-state index contributed by atoms with van der Waals surface area (Å²) < 4.78 is 12.8. The summed E-state index contributed by atoms with van der Waals surface area (Å²) in [4.78, 5) is 0. The molecule has 0 radical (unpaired) electrons. The van der Waals surface area contributed by atoms with E-state index in [1.807, 2.05) is 24.3 Å². The second kappa shape index (κ2) is 6.82. The Morgan fingerprint density at radius 2 is 1.32 bits per heavy atom. The van der Waals surface area contributed by atoms with E-state index in [1.54, 1.807) is 12.1 Å². The van der Waals surface area contributed by atoms with Gasteiger partial charge in [0.1, 0.15) is 5.82 Å². The predicted molar refractivity (Wildman–Crippen MR) is 80.0 cm³/mol. The standard InChI is InChI=1S/C16H14FN5/c17-15-7-3-13(4-8-15)10-18-9-12-1-5-14(6-2-12)16-21-19-11-20-22-16/h1-8,11,18H,9-10H2. The lowest BCUT2D eigenvalue weighted by molar-refractivity contribution is 0.625. The Labute approximate surface area is 127 Å². The van der Waals surface area contributed by atoms with Gasteiger partial charge in [-0.15, -0.1) is 20.4 Å². The van der Waals surface area contributed by atoms with Gasteiger partial charge in [-0.25, -0.2) is 4.39 Å². The predicted octanol–water partition coefficient (Wildman–Crippen LogP) is 2.36. The molecule has 0 unspecified atom stereocenters. The molecule has 0 aliphatic carbocycles. The van der Waals surface area contributed by atoms with Gasteiger partial charge in [-0.3, -0.25) is 0 Å². The van der Waals surface area contributed by atoms with Crippen molar-refractivity contribution in [2.45, 2.75) is 13.1 Å². The van der Waals surface area contributed by atoms with Gasteiger partial charge in [-0.2, -0.15) is 0 Å². The highest BCUT2D eigenvalue weighted by Gasteiger charge is 2.01. The molecule has 1 N–H and O–H groups in total. The third-order valence-corrected chi connectivity index (χ3v) is 3.19. The molecule has 0 amide bonds. The number of hydrogen-bond donors (Lipinski definition) is 1. The van der Waals surface area contributed by atoms with Crippen LogP contribution in [0.4, 0.5) is 4.39 Å². The number of halogens is 1. The van der Waals surface area contributed by atoms with Crippen LogP contribution in [-0.4, -0.2) is 20.4 Å². The van der Waals surface area contributed by atoms with Crippen LogP contribution < -0.4 is 5.32 Å². The average molecular weight is 295 g/mol. The molecule has 0 saturated carbocycles. The minimum atomic E-state index is -0.216. The maximum absolute atomic E-state index is 12.8. The lowest BCUT2D eigenvalue weighted by atomic mass is 10.1. The second-order valence-corrected chi connectivity index (χ2v) is 4.80. The van der Waals surface area contributed by atoms with Gasteiger partial charge in [0.05, 0.1) is 0 Å². The van der Waals surface area contributed by atoms with Crippen LogP contribution in [0.3, 0.4) is 0 Å². The monoisotopic (exact) mass is 295 g/mol. The van der Waals surface area contributed by atoms with Gasteiger partial charge >= 0.3 is 0 Å². The van der Waals surface area contributed by atoms with Crippen molar-refractivity contribution in [3.8, 4) is 11.4 Å². The molecule has 0 aliphatic heterocycles. The Morgan fingerprint density at radius 3 is 1.91 bits per heavy atom. The van der Waals surface area contributed by atoms with E-state index in [-0.39, 0.29) is 5.82 Å². The number of nitrogens with zero attached hydrogens (tertiary/aromatic N) is 4. The molecule has 0 bridgehead atoms. The number of nitrogens with one attached hydrogen (secondary N) is 1. The largest absolute Gasteiger partial charge is 0.309 e. The zero-order valence-corrected chi connectivity index (χ0v) is 11.8. The van der Waals surface area contributed by atoms with Crippen LogP contribution in [0.25, 0.3) is 11.4 Å². The van der Waals surface area contributed by atoms with E-state index in [0.29, 0.717) is 12.4 Å². The fourth-order valence-electron chi connectivity index (χ4n) is 2.04. The topological polar surface area (TPSA) is 63.6 Å². The van der Waals surface area contributed by atoms with E-state index in [4.69, 9.17) is 0 Å². The molecule has 0 fully saturated rings. The first-order chi connectivity index (χ1) is 10.8. The van der Waals surface area contributed by atoms with Crippen molar-refractivity contribution in [3.05, 3.63) is 71.8 Å². The normalized spacial score (nSPS) is 10.6. The first-order valence-corrected chi connectivity index (χ1v) is 6.86. The highest BCUT2D eigenvalue weighted by Crippen LogP contribution is 2.13. The Bertz CT molecular complexity index is 714. The molecule has 1 heterocycles. The Hall–Kier alpha value is -2.73. The van der Waals surface area contributed by atoms with E-state index >= 15 is 0 Å². The van der Waals surface area contributed by atoms with Crippen LogP contribution >= 0.6 is 0 Å². The smallest absolute Gasteiger partial charge is 0.203 e. The van der Waals surface area contributed by atoms with Crippen LogP contribution in [0.2, 0.25) is 0 Å². The number of rotatable bonds is 5. The molecular weight excluding hydrogens is 281 g/mol. The third-order valence-electron chi connectivity index (χ3n) is 3.19. The Morgan fingerprint density at radius 1 is 0.773 bits per heavy atom. The van der Waals surface area contributed by atoms with Gasteiger partial charge in [0.15, 0.2) is 6.33 Å². The zero-order chi connectivity index (χ0) is 15.2. The van der Waals surface area contributed by atoms with E-state index < -0.39 is 0 Å². The molecule has 0 spiro atoms. The van der Waals surface area contributed by atoms with Crippen molar-refractivity contribution < 1.29 is 4.39 Å². The van der Waals surface area contributed by atoms with Crippen LogP contribution in [0.1, 0.15) is 11.1 Å². The van der Waals surface area contributed by atoms with E-state index in [0.717, 1.165) is 23.2 Å². The molecule has 110 valence electrons. The van der Waals surface area contributed by atoms with Crippen molar-refractivity contribution in [1.29, 1.82) is 0 Å². The summed E-state index contributed by atoms with van der Waals surface area (Å²) in [6.07, 6.45) is 1.30. The number of benzene rings is 2. The zero-order valence-electron chi connectivity index (χ0n) is 11.8. The highest BCUT2D eigenvalue weighted by molar-refractivity contribution is 5.53. The van der Waals surface area contributed by atoms with Gasteiger partial charge in [-0.1, -0.05) is 36.4 Å². The number of aromatic nitrogens is 4. The summed E-state index contributed by atoms with van der Waals surface area (Å²) in [5, 5.41) is 18.6. The maximum Gasteiger partial charge on any atom is 0.203 e. The molecule has 0 saturated heterocycles. The molecule has 22 heavy (non-hydrogen) atoms. The number of hydrogen-bond acceptors (Lipinski definition) is 5. The Kier molecular flexibility index (Phi) is 4.41. The minimum absolute atomic E-state index is 0.216. The average Bonchev–Trinajstić information content (AvgIpc) is 2.58. The molecule has 3 rings (SSSR count). The molecule has 3 aromatic rings. The maximum atomic E-state index is 12.8. The fourth-order valence-corrected chi connectivity index (χ4v) is 2.04. The summed E-state index contributed by atoms with van der Waals surface area (Å²) in [7, 11) is 0. The van der Waals surface area contributed by atoms with Gasteiger partial charge < -0.3 is 5.32 Å². The van der Waals surface area contributed by atoms with Crippen molar-refractivity contribution in [2.24, 2.45) is 0 Å². The summed E-state index contributed by atoms with van der Waals surface area (Å²) in [6, 6.07) is 14.4. The van der Waals surface area contributed by atoms with Crippen molar-refractivity contribution in [2.75, 3.05) is 0 Å². The third kappa shape index (κ3) is 3.67. The van der Waals surface area contributed by atoms with Crippen molar-refractivity contribution >= 4 is 0 Å². The van der Waals surface area contributed by atoms with Gasteiger partial charge in [0.25, 0.3) is 0 Å². The van der Waals surface area contributed by atoms with E-state index in [9.17, 15) is 4.39 Å². The van der Waals surface area contributed by atoms with Crippen LogP contribution in [0.15, 0.2) is 54.9 Å². The quantitative estimate of drug-likeness (QED) is 0.783. The van der Waals surface area contributed by atoms with Gasteiger partial charge in [-0.05, 0) is 23.3 Å². The van der Waals surface area contributed by atoms with Crippen LogP contribution in [-0.2, 0) is 13.1 Å². The molecular formula is C16H14FN5. The molecule has 6 heteroatoms. The van der Waals surface area contributed by atoms with E-state index in [1.165, 1.54) is 18.5 Å². The minimum Gasteiger partial charge on any atom is -0.309 e. The van der Waals surface area contributed by atoms with Crippen LogP contribution in [0.5, 0.6) is 0 Å². The first kappa shape index (κ1) is 14.2. The van der Waals surface area contributed by atoms with Gasteiger partial charge in [0.2, 0.25) is 5.82 Å². The first-order valence-electron chi connectivity index (χ1n) is 6.86. The SMILES string of the molecule is Fc1ccc(CNCc2ccc(-c3nncnn3)cc2)cc1. The summed E-state index contributed by atoms with van der Waals surface area (Å²) in [6.45, 7) is 1.42. The summed E-state index contributed by atoms with van der Waals surface area (Å²) in [5.74, 6) is 0.291. The summed E-state index contributed by atoms with van der Waals surface area (Å²) >= 11 is 0. The lowest BCUT2D eigenvalue weighted by Crippen LogP contribution is -2.12. The van der Waals surface area contributed by atoms with E-state index in [2.05, 4.69) is 25.7 Å². The fraction of sp³-hybridized carbons (Fsp3) is 0.125. The van der Waals surface area contributed by atoms with Crippen molar-refractivity contribution in [1.82, 2.24) is 25.7 Å². The van der Waals surface area contributed by atoms with Crippen molar-refractivity contribution in [3.63, 3.8) is 0 Å².